The molecule has 1 aromatic rings. The van der Waals surface area contributed by atoms with Crippen molar-refractivity contribution in [2.45, 2.75) is 31.8 Å². The topological polar surface area (TPSA) is 44.8 Å². The van der Waals surface area contributed by atoms with E-state index < -0.39 is 0 Å². The van der Waals surface area contributed by atoms with Crippen LogP contribution in [0, 0.1) is 0 Å². The molecule has 0 aliphatic carbocycles. The van der Waals surface area contributed by atoms with Gasteiger partial charge in [-0.15, -0.1) is 0 Å². The van der Waals surface area contributed by atoms with Crippen LogP contribution in [0.4, 0.5) is 0 Å². The van der Waals surface area contributed by atoms with Gasteiger partial charge in [0.1, 0.15) is 6.10 Å². The van der Waals surface area contributed by atoms with Crippen molar-refractivity contribution in [1.82, 2.24) is 0 Å². The lowest BCUT2D eigenvalue weighted by atomic mass is 9.88. The van der Waals surface area contributed by atoms with Gasteiger partial charge in [0, 0.05) is 12.3 Å². The number of hydrogen-bond donors (Lipinski definition) is 0. The molecule has 1 saturated heterocycles. The number of cyclic esters (lactones) is 1. The summed E-state index contributed by atoms with van der Waals surface area (Å²) in [6.45, 7) is 1.93. The Morgan fingerprint density at radius 3 is 2.56 bits per heavy atom. The van der Waals surface area contributed by atoms with Crippen LogP contribution in [-0.4, -0.2) is 26.3 Å². The van der Waals surface area contributed by atoms with E-state index >= 15 is 0 Å². The predicted octanol–water partition coefficient (Wildman–Crippen LogP) is 2.51. The van der Waals surface area contributed by atoms with E-state index in [9.17, 15) is 4.79 Å². The lowest BCUT2D eigenvalue weighted by molar-refractivity contribution is -0.154. The zero-order valence-corrected chi connectivity index (χ0v) is 10.9. The molecule has 0 saturated carbocycles. The van der Waals surface area contributed by atoms with Gasteiger partial charge < -0.3 is 14.2 Å². The fourth-order valence-corrected chi connectivity index (χ4v) is 2.38. The summed E-state index contributed by atoms with van der Waals surface area (Å²) in [4.78, 5) is 11.2. The zero-order valence-electron chi connectivity index (χ0n) is 10.9. The second-order valence-corrected chi connectivity index (χ2v) is 4.45. The van der Waals surface area contributed by atoms with E-state index in [0.717, 1.165) is 12.0 Å². The van der Waals surface area contributed by atoms with Gasteiger partial charge in [-0.1, -0.05) is 6.07 Å². The van der Waals surface area contributed by atoms with Crippen molar-refractivity contribution < 1.29 is 19.0 Å². The quantitative estimate of drug-likeness (QED) is 0.773. The van der Waals surface area contributed by atoms with Gasteiger partial charge in [-0.2, -0.15) is 0 Å². The van der Waals surface area contributed by atoms with Crippen LogP contribution < -0.4 is 9.47 Å². The van der Waals surface area contributed by atoms with Gasteiger partial charge in [0.15, 0.2) is 11.5 Å². The first-order chi connectivity index (χ1) is 8.65. The Hall–Kier alpha value is -1.71. The molecule has 98 valence electrons. The van der Waals surface area contributed by atoms with Crippen molar-refractivity contribution in [2.75, 3.05) is 14.2 Å². The molecule has 18 heavy (non-hydrogen) atoms. The summed E-state index contributed by atoms with van der Waals surface area (Å²) in [5, 5.41) is 0. The monoisotopic (exact) mass is 250 g/mol. The molecule has 1 aliphatic rings. The SMILES string of the molecule is COc1ccc([C@H]2CCC(=O)O[C@H]2C)cc1OC. The summed E-state index contributed by atoms with van der Waals surface area (Å²) < 4.78 is 15.8. The van der Waals surface area contributed by atoms with Crippen molar-refractivity contribution in [3.63, 3.8) is 0 Å². The Kier molecular flexibility index (Phi) is 3.75. The maximum atomic E-state index is 11.2. The fourth-order valence-electron chi connectivity index (χ4n) is 2.38. The molecule has 4 heteroatoms. The molecule has 4 nitrogen and oxygen atoms in total. The maximum absolute atomic E-state index is 11.2. The van der Waals surface area contributed by atoms with Crippen molar-refractivity contribution in [3.05, 3.63) is 23.8 Å². The minimum Gasteiger partial charge on any atom is -0.493 e. The zero-order chi connectivity index (χ0) is 13.1. The van der Waals surface area contributed by atoms with Gasteiger partial charge in [-0.05, 0) is 31.0 Å². The normalized spacial score (nSPS) is 23.4. The van der Waals surface area contributed by atoms with Crippen molar-refractivity contribution in [2.24, 2.45) is 0 Å². The highest BCUT2D eigenvalue weighted by Gasteiger charge is 2.29. The van der Waals surface area contributed by atoms with Crippen LogP contribution in [0.3, 0.4) is 0 Å². The second kappa shape index (κ2) is 5.29. The molecule has 0 radical (unpaired) electrons. The van der Waals surface area contributed by atoms with E-state index in [1.807, 2.05) is 25.1 Å². The molecule has 0 amide bonds. The standard InChI is InChI=1S/C14H18O4/c1-9-11(5-7-14(15)18-9)10-4-6-12(16-2)13(8-10)17-3/h4,6,8-9,11H,5,7H2,1-3H3/t9-,11-/m0/s1. The molecule has 1 aromatic carbocycles. The first-order valence-electron chi connectivity index (χ1n) is 6.07. The largest absolute Gasteiger partial charge is 0.493 e. The molecule has 1 heterocycles. The summed E-state index contributed by atoms with van der Waals surface area (Å²) in [6, 6.07) is 5.85. The average molecular weight is 250 g/mol. The van der Waals surface area contributed by atoms with Crippen LogP contribution in [0.5, 0.6) is 11.5 Å². The number of methoxy groups -OCH3 is 2. The summed E-state index contributed by atoms with van der Waals surface area (Å²) in [5.74, 6) is 1.53. The molecule has 2 rings (SSSR count). The van der Waals surface area contributed by atoms with E-state index in [0.29, 0.717) is 17.9 Å². The number of rotatable bonds is 3. The number of benzene rings is 1. The highest BCUT2D eigenvalue weighted by molar-refractivity contribution is 5.70. The van der Waals surface area contributed by atoms with Crippen LogP contribution in [-0.2, 0) is 9.53 Å². The van der Waals surface area contributed by atoms with Gasteiger partial charge in [0.2, 0.25) is 0 Å². The highest BCUT2D eigenvalue weighted by Crippen LogP contribution is 2.36. The van der Waals surface area contributed by atoms with Crippen molar-refractivity contribution in [1.29, 1.82) is 0 Å². The van der Waals surface area contributed by atoms with Crippen LogP contribution in [0.15, 0.2) is 18.2 Å². The predicted molar refractivity (Wildman–Crippen MR) is 67.1 cm³/mol. The van der Waals surface area contributed by atoms with Gasteiger partial charge in [-0.3, -0.25) is 4.79 Å². The molecule has 0 aromatic heterocycles. The van der Waals surface area contributed by atoms with E-state index in [2.05, 4.69) is 0 Å². The number of hydrogen-bond acceptors (Lipinski definition) is 4. The number of carbonyl (C=O) groups excluding carboxylic acids is 1. The minimum absolute atomic E-state index is 0.0932. The third-order valence-electron chi connectivity index (χ3n) is 3.38. The van der Waals surface area contributed by atoms with Gasteiger partial charge in [0.25, 0.3) is 0 Å². The minimum atomic E-state index is -0.112. The molecule has 2 atom stereocenters. The van der Waals surface area contributed by atoms with Crippen LogP contribution in [0.2, 0.25) is 0 Å². The Bertz CT molecular complexity index is 441. The molecule has 0 unspecified atom stereocenters. The van der Waals surface area contributed by atoms with Gasteiger partial charge in [0.05, 0.1) is 14.2 Å². The third kappa shape index (κ3) is 2.42. The molecule has 0 bridgehead atoms. The molecule has 0 spiro atoms. The molecular weight excluding hydrogens is 232 g/mol. The Balaban J connectivity index is 2.25. The Morgan fingerprint density at radius 1 is 1.22 bits per heavy atom. The van der Waals surface area contributed by atoms with Gasteiger partial charge >= 0.3 is 5.97 Å². The molecule has 1 fully saturated rings. The lowest BCUT2D eigenvalue weighted by Gasteiger charge is -2.29. The Morgan fingerprint density at radius 2 is 1.94 bits per heavy atom. The van der Waals surface area contributed by atoms with Crippen LogP contribution in [0.25, 0.3) is 0 Å². The fraction of sp³-hybridized carbons (Fsp3) is 0.500. The smallest absolute Gasteiger partial charge is 0.306 e. The molecule has 1 aliphatic heterocycles. The summed E-state index contributed by atoms with van der Waals surface area (Å²) in [7, 11) is 3.23. The van der Waals surface area contributed by atoms with E-state index in [4.69, 9.17) is 14.2 Å². The summed E-state index contributed by atoms with van der Waals surface area (Å²) in [5.41, 5.74) is 1.12. The van der Waals surface area contributed by atoms with E-state index in [1.54, 1.807) is 14.2 Å². The Labute approximate surface area is 107 Å². The van der Waals surface area contributed by atoms with Crippen molar-refractivity contribution >= 4 is 5.97 Å². The van der Waals surface area contributed by atoms with E-state index in [1.165, 1.54) is 0 Å². The number of esters is 1. The second-order valence-electron chi connectivity index (χ2n) is 4.45. The first kappa shape index (κ1) is 12.7. The summed E-state index contributed by atoms with van der Waals surface area (Å²) >= 11 is 0. The number of ether oxygens (including phenoxy) is 3. The third-order valence-corrected chi connectivity index (χ3v) is 3.38. The first-order valence-corrected chi connectivity index (χ1v) is 6.07. The maximum Gasteiger partial charge on any atom is 0.306 e. The van der Waals surface area contributed by atoms with E-state index in [-0.39, 0.29) is 18.0 Å². The lowest BCUT2D eigenvalue weighted by Crippen LogP contribution is -2.28. The van der Waals surface area contributed by atoms with Crippen molar-refractivity contribution in [3.8, 4) is 11.5 Å². The van der Waals surface area contributed by atoms with Crippen LogP contribution >= 0.6 is 0 Å². The highest BCUT2D eigenvalue weighted by atomic mass is 16.5. The molecule has 0 N–H and O–H groups in total. The average Bonchev–Trinajstić information content (AvgIpc) is 2.38. The van der Waals surface area contributed by atoms with Crippen LogP contribution in [0.1, 0.15) is 31.2 Å². The molecular formula is C14H18O4. The summed E-state index contributed by atoms with van der Waals surface area (Å²) in [6.07, 6.45) is 1.20. The number of carbonyl (C=O) groups is 1. The van der Waals surface area contributed by atoms with Gasteiger partial charge in [-0.25, -0.2) is 0 Å².